The molecule has 2 rings (SSSR count). The number of nitrogens with zero attached hydrogens (tertiary/aromatic N) is 1. The highest BCUT2D eigenvalue weighted by Crippen LogP contribution is 2.31. The van der Waals surface area contributed by atoms with E-state index < -0.39 is 0 Å². The Labute approximate surface area is 133 Å². The fourth-order valence-corrected chi connectivity index (χ4v) is 2.51. The minimum Gasteiger partial charge on any atom is -0.473 e. The Morgan fingerprint density at radius 2 is 2.00 bits per heavy atom. The van der Waals surface area contributed by atoms with Crippen LogP contribution in [-0.2, 0) is 5.41 Å². The SMILES string of the molecule is Cc1ccc(OCNC(=O)N2CCNCC2)c(C(C)(C)C)c1. The number of rotatable bonds is 3. The van der Waals surface area contributed by atoms with Crippen LogP contribution in [0, 0.1) is 6.92 Å². The van der Waals surface area contributed by atoms with E-state index in [9.17, 15) is 4.79 Å². The molecule has 0 saturated carbocycles. The monoisotopic (exact) mass is 305 g/mol. The molecule has 0 radical (unpaired) electrons. The molecule has 0 spiro atoms. The quantitative estimate of drug-likeness (QED) is 0.842. The van der Waals surface area contributed by atoms with Crippen LogP contribution in [-0.4, -0.2) is 43.8 Å². The smallest absolute Gasteiger partial charge is 0.320 e. The minimum absolute atomic E-state index is 0.00387. The van der Waals surface area contributed by atoms with Crippen molar-refractivity contribution in [1.29, 1.82) is 0 Å². The number of amides is 2. The number of hydrogen-bond acceptors (Lipinski definition) is 3. The molecule has 5 nitrogen and oxygen atoms in total. The average molecular weight is 305 g/mol. The van der Waals surface area contributed by atoms with Gasteiger partial charge in [-0.2, -0.15) is 0 Å². The first-order valence-electron chi connectivity index (χ1n) is 7.85. The van der Waals surface area contributed by atoms with Crippen molar-refractivity contribution in [2.24, 2.45) is 0 Å². The summed E-state index contributed by atoms with van der Waals surface area (Å²) in [5, 5.41) is 6.06. The van der Waals surface area contributed by atoms with Gasteiger partial charge in [-0.1, -0.05) is 38.5 Å². The molecule has 122 valence electrons. The van der Waals surface area contributed by atoms with E-state index in [1.54, 1.807) is 4.90 Å². The zero-order valence-electron chi connectivity index (χ0n) is 14.0. The minimum atomic E-state index is -0.0640. The van der Waals surface area contributed by atoms with Crippen molar-refractivity contribution in [3.05, 3.63) is 29.3 Å². The van der Waals surface area contributed by atoms with Gasteiger partial charge in [-0.25, -0.2) is 4.79 Å². The van der Waals surface area contributed by atoms with Gasteiger partial charge < -0.3 is 20.3 Å². The van der Waals surface area contributed by atoms with Crippen LogP contribution in [0.1, 0.15) is 31.9 Å². The maximum absolute atomic E-state index is 12.0. The third-order valence-corrected chi connectivity index (χ3v) is 3.80. The first-order chi connectivity index (χ1) is 10.4. The molecule has 0 bridgehead atoms. The van der Waals surface area contributed by atoms with Crippen LogP contribution in [0.15, 0.2) is 18.2 Å². The van der Waals surface area contributed by atoms with E-state index in [-0.39, 0.29) is 18.2 Å². The van der Waals surface area contributed by atoms with Crippen LogP contribution >= 0.6 is 0 Å². The van der Waals surface area contributed by atoms with Gasteiger partial charge in [0.15, 0.2) is 6.73 Å². The van der Waals surface area contributed by atoms with Crippen molar-refractivity contribution in [3.8, 4) is 5.75 Å². The molecule has 0 aliphatic carbocycles. The Morgan fingerprint density at radius 3 is 2.64 bits per heavy atom. The van der Waals surface area contributed by atoms with E-state index in [1.165, 1.54) is 5.56 Å². The van der Waals surface area contributed by atoms with Gasteiger partial charge in [0.1, 0.15) is 5.75 Å². The number of piperazine rings is 1. The lowest BCUT2D eigenvalue weighted by Crippen LogP contribution is -2.50. The molecule has 0 atom stereocenters. The first-order valence-corrected chi connectivity index (χ1v) is 7.85. The van der Waals surface area contributed by atoms with Crippen LogP contribution in [0.3, 0.4) is 0 Å². The molecule has 2 N–H and O–H groups in total. The largest absolute Gasteiger partial charge is 0.473 e. The summed E-state index contributed by atoms with van der Waals surface area (Å²) < 4.78 is 5.81. The second-order valence-corrected chi connectivity index (χ2v) is 6.76. The van der Waals surface area contributed by atoms with Crippen LogP contribution in [0.5, 0.6) is 5.75 Å². The average Bonchev–Trinajstić information content (AvgIpc) is 2.48. The summed E-state index contributed by atoms with van der Waals surface area (Å²) in [4.78, 5) is 13.8. The third-order valence-electron chi connectivity index (χ3n) is 3.80. The standard InChI is InChI=1S/C17H27N3O2/c1-13-5-6-15(14(11-13)17(2,3)4)22-12-19-16(21)20-9-7-18-8-10-20/h5-6,11,18H,7-10,12H2,1-4H3,(H,19,21). The van der Waals surface area contributed by atoms with Gasteiger partial charge in [0, 0.05) is 26.2 Å². The van der Waals surface area contributed by atoms with E-state index in [4.69, 9.17) is 4.74 Å². The van der Waals surface area contributed by atoms with Gasteiger partial charge in [0.05, 0.1) is 0 Å². The second kappa shape index (κ2) is 7.01. The summed E-state index contributed by atoms with van der Waals surface area (Å²) in [5.74, 6) is 0.832. The Kier molecular flexibility index (Phi) is 5.29. The highest BCUT2D eigenvalue weighted by atomic mass is 16.5. The van der Waals surface area contributed by atoms with Crippen molar-refractivity contribution in [2.75, 3.05) is 32.9 Å². The zero-order chi connectivity index (χ0) is 16.2. The van der Waals surface area contributed by atoms with Gasteiger partial charge in [-0.15, -0.1) is 0 Å². The lowest BCUT2D eigenvalue weighted by atomic mass is 9.85. The lowest BCUT2D eigenvalue weighted by molar-refractivity contribution is 0.177. The number of ether oxygens (including phenoxy) is 1. The molecule has 0 aromatic heterocycles. The molecule has 1 fully saturated rings. The molecule has 22 heavy (non-hydrogen) atoms. The third kappa shape index (κ3) is 4.37. The van der Waals surface area contributed by atoms with E-state index in [0.29, 0.717) is 0 Å². The van der Waals surface area contributed by atoms with Crippen LogP contribution in [0.2, 0.25) is 0 Å². The number of benzene rings is 1. The zero-order valence-corrected chi connectivity index (χ0v) is 14.0. The summed E-state index contributed by atoms with van der Waals surface area (Å²) >= 11 is 0. The van der Waals surface area contributed by atoms with Gasteiger partial charge >= 0.3 is 6.03 Å². The molecule has 1 aliphatic heterocycles. The predicted octanol–water partition coefficient (Wildman–Crippen LogP) is 2.24. The topological polar surface area (TPSA) is 53.6 Å². The molecular formula is C17H27N3O2. The molecule has 1 heterocycles. The number of nitrogens with one attached hydrogen (secondary N) is 2. The normalized spacial score (nSPS) is 15.5. The van der Waals surface area contributed by atoms with Crippen LogP contribution in [0.25, 0.3) is 0 Å². The number of hydrogen-bond donors (Lipinski definition) is 2. The number of urea groups is 1. The van der Waals surface area contributed by atoms with E-state index in [0.717, 1.165) is 37.5 Å². The molecule has 1 aromatic carbocycles. The second-order valence-electron chi connectivity index (χ2n) is 6.76. The molecule has 1 aliphatic rings. The number of aryl methyl sites for hydroxylation is 1. The van der Waals surface area contributed by atoms with E-state index in [2.05, 4.69) is 44.4 Å². The lowest BCUT2D eigenvalue weighted by Gasteiger charge is -2.28. The first kappa shape index (κ1) is 16.6. The Hall–Kier alpha value is -1.75. The van der Waals surface area contributed by atoms with Crippen molar-refractivity contribution < 1.29 is 9.53 Å². The highest BCUT2D eigenvalue weighted by Gasteiger charge is 2.20. The van der Waals surface area contributed by atoms with Crippen molar-refractivity contribution in [2.45, 2.75) is 33.1 Å². The summed E-state index contributed by atoms with van der Waals surface area (Å²) in [6.45, 7) is 11.9. The van der Waals surface area contributed by atoms with Crippen LogP contribution < -0.4 is 15.4 Å². The highest BCUT2D eigenvalue weighted by molar-refractivity contribution is 5.74. The maximum atomic E-state index is 12.0. The maximum Gasteiger partial charge on any atom is 0.320 e. The van der Waals surface area contributed by atoms with Crippen molar-refractivity contribution in [1.82, 2.24) is 15.5 Å². The van der Waals surface area contributed by atoms with Crippen molar-refractivity contribution in [3.63, 3.8) is 0 Å². The Balaban J connectivity index is 1.93. The Bertz CT molecular complexity index is 517. The molecule has 0 unspecified atom stereocenters. The van der Waals surface area contributed by atoms with Crippen molar-refractivity contribution >= 4 is 6.03 Å². The molecular weight excluding hydrogens is 278 g/mol. The molecule has 1 saturated heterocycles. The van der Waals surface area contributed by atoms with Gasteiger partial charge in [-0.05, 0) is 24.0 Å². The predicted molar refractivity (Wildman–Crippen MR) is 88.3 cm³/mol. The van der Waals surface area contributed by atoms with E-state index in [1.807, 2.05) is 12.1 Å². The number of carbonyl (C=O) groups excluding carboxylic acids is 1. The molecule has 2 amide bonds. The Morgan fingerprint density at radius 1 is 1.32 bits per heavy atom. The fraction of sp³-hybridized carbons (Fsp3) is 0.588. The van der Waals surface area contributed by atoms with Gasteiger partial charge in [0.2, 0.25) is 0 Å². The molecule has 5 heteroatoms. The summed E-state index contributed by atoms with van der Waals surface area (Å²) in [5.41, 5.74) is 2.37. The molecule has 1 aromatic rings. The van der Waals surface area contributed by atoms with Gasteiger partial charge in [-0.3, -0.25) is 0 Å². The van der Waals surface area contributed by atoms with Crippen LogP contribution in [0.4, 0.5) is 4.79 Å². The summed E-state index contributed by atoms with van der Waals surface area (Å²) in [6.07, 6.45) is 0. The summed E-state index contributed by atoms with van der Waals surface area (Å²) in [7, 11) is 0. The summed E-state index contributed by atoms with van der Waals surface area (Å²) in [6, 6.07) is 6.09. The van der Waals surface area contributed by atoms with Gasteiger partial charge in [0.25, 0.3) is 0 Å². The van der Waals surface area contributed by atoms with E-state index >= 15 is 0 Å². The fourth-order valence-electron chi connectivity index (χ4n) is 2.51. The number of carbonyl (C=O) groups is 1.